The molecular formula is C10H19NO. The van der Waals surface area contributed by atoms with Crippen molar-refractivity contribution >= 4 is 0 Å². The van der Waals surface area contributed by atoms with E-state index in [1.165, 1.54) is 0 Å². The fourth-order valence-corrected chi connectivity index (χ4v) is 1.04. The molecule has 0 spiro atoms. The minimum absolute atomic E-state index is 0.550. The van der Waals surface area contributed by atoms with Crippen molar-refractivity contribution in [3.63, 3.8) is 0 Å². The average molecular weight is 169 g/mol. The Morgan fingerprint density at radius 2 is 2.08 bits per heavy atom. The van der Waals surface area contributed by atoms with Crippen molar-refractivity contribution < 1.29 is 4.74 Å². The van der Waals surface area contributed by atoms with E-state index in [1.54, 1.807) is 7.11 Å². The third kappa shape index (κ3) is 5.17. The molecule has 0 saturated carbocycles. The Labute approximate surface area is 75.9 Å². The first-order valence-corrected chi connectivity index (χ1v) is 4.38. The second kappa shape index (κ2) is 7.15. The number of methoxy groups -OCH3 is 1. The molecule has 70 valence electrons. The molecule has 0 atom stereocenters. The minimum Gasteiger partial charge on any atom is -0.383 e. The first-order valence-electron chi connectivity index (χ1n) is 4.38. The quantitative estimate of drug-likeness (QED) is 0.557. The first-order chi connectivity index (χ1) is 5.72. The van der Waals surface area contributed by atoms with E-state index in [0.29, 0.717) is 6.04 Å². The molecule has 2 nitrogen and oxygen atoms in total. The number of hydrogen-bond acceptors (Lipinski definition) is 2. The van der Waals surface area contributed by atoms with Gasteiger partial charge >= 0.3 is 0 Å². The highest BCUT2D eigenvalue weighted by atomic mass is 16.5. The summed E-state index contributed by atoms with van der Waals surface area (Å²) in [5.74, 6) is 2.65. The van der Waals surface area contributed by atoms with Gasteiger partial charge in [0.1, 0.15) is 0 Å². The molecule has 0 unspecified atom stereocenters. The maximum atomic E-state index is 5.20. The third-order valence-corrected chi connectivity index (χ3v) is 1.86. The van der Waals surface area contributed by atoms with Gasteiger partial charge in [-0.15, -0.1) is 12.3 Å². The lowest BCUT2D eigenvalue weighted by molar-refractivity contribution is 0.131. The standard InChI is InChI=1S/C10H19NO/c1-5-6-7-11(10(2)3)8-9-12-4/h1,10H,6-9H2,2-4H3. The van der Waals surface area contributed by atoms with E-state index in [0.717, 1.165) is 26.1 Å². The van der Waals surface area contributed by atoms with Gasteiger partial charge in [-0.2, -0.15) is 0 Å². The predicted molar refractivity (Wildman–Crippen MR) is 52.0 cm³/mol. The second-order valence-electron chi connectivity index (χ2n) is 3.08. The number of hydrogen-bond donors (Lipinski definition) is 0. The summed E-state index contributed by atoms with van der Waals surface area (Å²) < 4.78 is 5.01. The lowest BCUT2D eigenvalue weighted by Crippen LogP contribution is -2.34. The zero-order valence-corrected chi connectivity index (χ0v) is 8.34. The van der Waals surface area contributed by atoms with Gasteiger partial charge in [0.2, 0.25) is 0 Å². The van der Waals surface area contributed by atoms with E-state index in [-0.39, 0.29) is 0 Å². The van der Waals surface area contributed by atoms with Crippen LogP contribution in [0.4, 0.5) is 0 Å². The van der Waals surface area contributed by atoms with Crippen molar-refractivity contribution in [2.24, 2.45) is 0 Å². The van der Waals surface area contributed by atoms with Gasteiger partial charge in [0.15, 0.2) is 0 Å². The Bertz CT molecular complexity index is 137. The maximum Gasteiger partial charge on any atom is 0.0589 e. The molecule has 0 radical (unpaired) electrons. The van der Waals surface area contributed by atoms with Crippen LogP contribution in [0.15, 0.2) is 0 Å². The van der Waals surface area contributed by atoms with Gasteiger partial charge in [-0.25, -0.2) is 0 Å². The largest absolute Gasteiger partial charge is 0.383 e. The van der Waals surface area contributed by atoms with Crippen LogP contribution in [0.3, 0.4) is 0 Å². The van der Waals surface area contributed by atoms with Gasteiger partial charge < -0.3 is 4.74 Å². The van der Waals surface area contributed by atoms with Crippen molar-refractivity contribution in [1.82, 2.24) is 4.90 Å². The number of ether oxygens (including phenoxy) is 1. The van der Waals surface area contributed by atoms with Gasteiger partial charge in [0.05, 0.1) is 6.61 Å². The van der Waals surface area contributed by atoms with Crippen LogP contribution in [0, 0.1) is 12.3 Å². The molecule has 0 saturated heterocycles. The Morgan fingerprint density at radius 1 is 1.42 bits per heavy atom. The molecule has 0 aliphatic carbocycles. The van der Waals surface area contributed by atoms with Gasteiger partial charge in [-0.1, -0.05) is 0 Å². The molecule has 0 aromatic rings. The fraction of sp³-hybridized carbons (Fsp3) is 0.800. The Morgan fingerprint density at radius 3 is 2.50 bits per heavy atom. The van der Waals surface area contributed by atoms with Crippen molar-refractivity contribution in [3.05, 3.63) is 0 Å². The van der Waals surface area contributed by atoms with E-state index in [9.17, 15) is 0 Å². The molecule has 0 rings (SSSR count). The zero-order valence-electron chi connectivity index (χ0n) is 8.34. The van der Waals surface area contributed by atoms with Crippen molar-refractivity contribution in [2.75, 3.05) is 26.8 Å². The van der Waals surface area contributed by atoms with Crippen LogP contribution in [0.2, 0.25) is 0 Å². The van der Waals surface area contributed by atoms with E-state index >= 15 is 0 Å². The Kier molecular flexibility index (Phi) is 6.84. The van der Waals surface area contributed by atoms with Crippen LogP contribution in [-0.4, -0.2) is 37.7 Å². The van der Waals surface area contributed by atoms with E-state index in [4.69, 9.17) is 11.2 Å². The van der Waals surface area contributed by atoms with Crippen LogP contribution in [0.25, 0.3) is 0 Å². The fourth-order valence-electron chi connectivity index (χ4n) is 1.04. The summed E-state index contributed by atoms with van der Waals surface area (Å²) in [6, 6.07) is 0.550. The highest BCUT2D eigenvalue weighted by Gasteiger charge is 2.06. The first kappa shape index (κ1) is 11.5. The van der Waals surface area contributed by atoms with E-state index in [1.807, 2.05) is 0 Å². The molecule has 0 aliphatic rings. The van der Waals surface area contributed by atoms with Gasteiger partial charge in [0, 0.05) is 32.7 Å². The average Bonchev–Trinajstić information content (AvgIpc) is 2.04. The summed E-state index contributed by atoms with van der Waals surface area (Å²) >= 11 is 0. The zero-order chi connectivity index (χ0) is 9.40. The molecule has 0 amide bonds. The molecule has 0 fully saturated rings. The monoisotopic (exact) mass is 169 g/mol. The summed E-state index contributed by atoms with van der Waals surface area (Å²) in [5, 5.41) is 0. The second-order valence-corrected chi connectivity index (χ2v) is 3.08. The number of rotatable bonds is 6. The summed E-state index contributed by atoms with van der Waals surface area (Å²) in [6.07, 6.45) is 6.02. The molecule has 0 aromatic heterocycles. The normalized spacial score (nSPS) is 10.7. The van der Waals surface area contributed by atoms with Crippen LogP contribution < -0.4 is 0 Å². The summed E-state index contributed by atoms with van der Waals surface area (Å²) in [6.45, 7) is 7.06. The predicted octanol–water partition coefficient (Wildman–Crippen LogP) is 1.37. The van der Waals surface area contributed by atoms with E-state index in [2.05, 4.69) is 24.7 Å². The summed E-state index contributed by atoms with van der Waals surface area (Å²) in [5.41, 5.74) is 0. The molecule has 0 aliphatic heterocycles. The molecular weight excluding hydrogens is 150 g/mol. The topological polar surface area (TPSA) is 12.5 Å². The molecule has 0 bridgehead atoms. The molecule has 0 aromatic carbocycles. The summed E-state index contributed by atoms with van der Waals surface area (Å²) in [4.78, 5) is 2.32. The maximum absolute atomic E-state index is 5.20. The highest BCUT2D eigenvalue weighted by Crippen LogP contribution is 1.98. The third-order valence-electron chi connectivity index (χ3n) is 1.86. The minimum atomic E-state index is 0.550. The van der Waals surface area contributed by atoms with Crippen LogP contribution in [0.5, 0.6) is 0 Å². The van der Waals surface area contributed by atoms with Gasteiger partial charge in [-0.3, -0.25) is 4.90 Å². The highest BCUT2D eigenvalue weighted by molar-refractivity contribution is 4.85. The molecule has 0 N–H and O–H groups in total. The number of nitrogens with zero attached hydrogens (tertiary/aromatic N) is 1. The Balaban J connectivity index is 3.64. The van der Waals surface area contributed by atoms with E-state index < -0.39 is 0 Å². The smallest absolute Gasteiger partial charge is 0.0589 e. The van der Waals surface area contributed by atoms with Crippen LogP contribution in [-0.2, 0) is 4.74 Å². The lowest BCUT2D eigenvalue weighted by Gasteiger charge is -2.24. The van der Waals surface area contributed by atoms with Crippen molar-refractivity contribution in [3.8, 4) is 12.3 Å². The summed E-state index contributed by atoms with van der Waals surface area (Å²) in [7, 11) is 1.72. The SMILES string of the molecule is C#CCCN(CCOC)C(C)C. The molecule has 12 heavy (non-hydrogen) atoms. The Hall–Kier alpha value is -0.520. The number of terminal acetylenes is 1. The van der Waals surface area contributed by atoms with Crippen molar-refractivity contribution in [2.45, 2.75) is 26.3 Å². The van der Waals surface area contributed by atoms with Gasteiger partial charge in [-0.05, 0) is 13.8 Å². The van der Waals surface area contributed by atoms with Crippen molar-refractivity contribution in [1.29, 1.82) is 0 Å². The molecule has 0 heterocycles. The van der Waals surface area contributed by atoms with Crippen LogP contribution >= 0.6 is 0 Å². The van der Waals surface area contributed by atoms with Gasteiger partial charge in [0.25, 0.3) is 0 Å². The van der Waals surface area contributed by atoms with Crippen LogP contribution in [0.1, 0.15) is 20.3 Å². The molecule has 2 heteroatoms. The lowest BCUT2D eigenvalue weighted by atomic mass is 10.3.